The van der Waals surface area contributed by atoms with Crippen LogP contribution in [0.2, 0.25) is 5.02 Å². The number of halogens is 1. The van der Waals surface area contributed by atoms with E-state index in [9.17, 15) is 4.79 Å². The Morgan fingerprint density at radius 2 is 2.08 bits per heavy atom. The highest BCUT2D eigenvalue weighted by molar-refractivity contribution is 7.80. The molecular weight excluding hydrogens is 364 g/mol. The van der Waals surface area contributed by atoms with Gasteiger partial charge in [-0.15, -0.1) is 0 Å². The highest BCUT2D eigenvalue weighted by Gasteiger charge is 2.48. The molecule has 2 bridgehead atoms. The Bertz CT molecular complexity index is 724. The fraction of sp³-hybridized carbons (Fsp3) is 0.619. The number of thiocarbonyl (C=S) groups is 1. The molecule has 0 radical (unpaired) electrons. The van der Waals surface area contributed by atoms with Gasteiger partial charge >= 0.3 is 0 Å². The average molecular weight is 391 g/mol. The fourth-order valence-electron chi connectivity index (χ4n) is 5.48. The van der Waals surface area contributed by atoms with Crippen LogP contribution in [0.15, 0.2) is 24.3 Å². The summed E-state index contributed by atoms with van der Waals surface area (Å²) >= 11 is 12.3. The zero-order valence-corrected chi connectivity index (χ0v) is 16.9. The first-order valence-corrected chi connectivity index (χ1v) is 10.6. The number of nitrogens with one attached hydrogen (secondary N) is 1. The lowest BCUT2D eigenvalue weighted by atomic mass is 9.74. The van der Waals surface area contributed by atoms with Gasteiger partial charge in [0, 0.05) is 30.1 Å². The minimum absolute atomic E-state index is 0.233. The highest BCUT2D eigenvalue weighted by Crippen LogP contribution is 2.45. The van der Waals surface area contributed by atoms with Crippen molar-refractivity contribution >= 4 is 34.7 Å². The first-order valence-electron chi connectivity index (χ1n) is 9.85. The number of nitrogens with zero attached hydrogens (tertiary/aromatic N) is 1. The molecule has 0 amide bonds. The van der Waals surface area contributed by atoms with Crippen LogP contribution in [0.1, 0.15) is 56.9 Å². The normalized spacial score (nSPS) is 33.3. The number of hydrogen-bond donors (Lipinski definition) is 1. The summed E-state index contributed by atoms with van der Waals surface area (Å²) in [6, 6.07) is 8.21. The summed E-state index contributed by atoms with van der Waals surface area (Å²) in [5.41, 5.74) is 0.157. The van der Waals surface area contributed by atoms with Gasteiger partial charge in [-0.1, -0.05) is 36.2 Å². The van der Waals surface area contributed by atoms with Crippen molar-refractivity contribution < 1.29 is 4.79 Å². The third-order valence-electron chi connectivity index (χ3n) is 6.90. The molecule has 1 N–H and O–H groups in total. The van der Waals surface area contributed by atoms with Gasteiger partial charge in [0.1, 0.15) is 5.54 Å². The molecule has 5 heteroatoms. The van der Waals surface area contributed by atoms with Gasteiger partial charge in [0.15, 0.2) is 10.9 Å². The smallest absolute Gasteiger partial charge is 0.170 e. The number of hydrogen-bond acceptors (Lipinski definition) is 2. The molecule has 0 spiro atoms. The van der Waals surface area contributed by atoms with Crippen molar-refractivity contribution in [2.75, 3.05) is 7.05 Å². The van der Waals surface area contributed by atoms with Crippen LogP contribution in [0, 0.1) is 11.8 Å². The van der Waals surface area contributed by atoms with Crippen LogP contribution in [0.3, 0.4) is 0 Å². The number of likely N-dealkylation sites (N-methyl/N-ethyl adjacent to an activating group) is 1. The molecule has 3 aliphatic carbocycles. The Morgan fingerprint density at radius 3 is 2.73 bits per heavy atom. The molecule has 4 atom stereocenters. The predicted octanol–water partition coefficient (Wildman–Crippen LogP) is 4.67. The van der Waals surface area contributed by atoms with E-state index in [1.54, 1.807) is 0 Å². The van der Waals surface area contributed by atoms with Crippen LogP contribution in [0.4, 0.5) is 0 Å². The second kappa shape index (κ2) is 7.12. The van der Waals surface area contributed by atoms with Crippen molar-refractivity contribution in [2.24, 2.45) is 11.8 Å². The maximum atomic E-state index is 13.2. The summed E-state index contributed by atoms with van der Waals surface area (Å²) < 4.78 is 0. The second-order valence-corrected chi connectivity index (χ2v) is 9.05. The summed E-state index contributed by atoms with van der Waals surface area (Å²) in [7, 11) is 1.97. The molecule has 1 aromatic carbocycles. The first-order chi connectivity index (χ1) is 12.5. The number of fused-ring (bicyclic) bond motifs is 2. The summed E-state index contributed by atoms with van der Waals surface area (Å²) in [6.07, 6.45) is 8.54. The lowest BCUT2D eigenvalue weighted by Crippen LogP contribution is -2.58. The van der Waals surface area contributed by atoms with Crippen LogP contribution < -0.4 is 5.32 Å². The fourth-order valence-corrected chi connectivity index (χ4v) is 6.08. The van der Waals surface area contributed by atoms with Gasteiger partial charge in [-0.3, -0.25) is 4.79 Å². The third-order valence-corrected chi connectivity index (χ3v) is 7.62. The Hall–Kier alpha value is -1.13. The van der Waals surface area contributed by atoms with Crippen molar-refractivity contribution in [3.63, 3.8) is 0 Å². The van der Waals surface area contributed by atoms with E-state index >= 15 is 0 Å². The standard InChI is InChI=1S/C21H27ClN2OS/c1-24(20(26)23-18-13-14-9-10-15(18)12-14)21(11-5-4-8-19(21)25)16-6-2-3-7-17(16)22/h2-3,6-7,14-15,18H,4-5,8-13H2,1H3,(H,23,26)/t14-,15-,18-,21+/m1/s1. The van der Waals surface area contributed by atoms with Crippen LogP contribution in [0.25, 0.3) is 0 Å². The molecule has 0 aliphatic heterocycles. The van der Waals surface area contributed by atoms with Crippen LogP contribution >= 0.6 is 23.8 Å². The topological polar surface area (TPSA) is 32.3 Å². The maximum Gasteiger partial charge on any atom is 0.170 e. The summed E-state index contributed by atoms with van der Waals surface area (Å²) in [5, 5.41) is 4.95. The minimum atomic E-state index is -0.738. The van der Waals surface area contributed by atoms with Gasteiger partial charge in [-0.25, -0.2) is 0 Å². The second-order valence-electron chi connectivity index (χ2n) is 8.26. The highest BCUT2D eigenvalue weighted by atomic mass is 35.5. The number of benzene rings is 1. The Kier molecular flexibility index (Phi) is 5.00. The van der Waals surface area contributed by atoms with E-state index in [0.717, 1.165) is 36.7 Å². The molecule has 140 valence electrons. The first kappa shape index (κ1) is 18.2. The summed E-state index contributed by atoms with van der Waals surface area (Å²) in [5.74, 6) is 1.83. The Morgan fingerprint density at radius 1 is 1.27 bits per heavy atom. The molecule has 1 aromatic rings. The molecule has 3 fully saturated rings. The molecule has 4 rings (SSSR count). The molecule has 26 heavy (non-hydrogen) atoms. The van der Waals surface area contributed by atoms with Crippen molar-refractivity contribution in [3.8, 4) is 0 Å². The molecule has 3 nitrogen and oxygen atoms in total. The van der Waals surface area contributed by atoms with E-state index in [0.29, 0.717) is 22.6 Å². The van der Waals surface area contributed by atoms with Crippen LogP contribution in [-0.2, 0) is 10.3 Å². The van der Waals surface area contributed by atoms with Crippen molar-refractivity contribution in [2.45, 2.75) is 62.9 Å². The van der Waals surface area contributed by atoms with E-state index in [4.69, 9.17) is 23.8 Å². The molecule has 0 heterocycles. The van der Waals surface area contributed by atoms with Crippen LogP contribution in [-0.4, -0.2) is 28.9 Å². The van der Waals surface area contributed by atoms with Crippen molar-refractivity contribution in [1.29, 1.82) is 0 Å². The van der Waals surface area contributed by atoms with E-state index in [2.05, 4.69) is 5.32 Å². The van der Waals surface area contributed by atoms with Crippen molar-refractivity contribution in [1.82, 2.24) is 10.2 Å². The summed E-state index contributed by atoms with van der Waals surface area (Å²) in [4.78, 5) is 15.2. The van der Waals surface area contributed by atoms with Gasteiger partial charge < -0.3 is 10.2 Å². The third kappa shape index (κ3) is 2.95. The lowest BCUT2D eigenvalue weighted by molar-refractivity contribution is -0.131. The quantitative estimate of drug-likeness (QED) is 0.760. The molecule has 0 unspecified atom stereocenters. The minimum Gasteiger partial charge on any atom is -0.360 e. The molecule has 3 saturated carbocycles. The van der Waals surface area contributed by atoms with E-state index in [1.807, 2.05) is 36.2 Å². The van der Waals surface area contributed by atoms with Gasteiger partial charge in [-0.2, -0.15) is 0 Å². The number of carbonyl (C=O) groups is 1. The van der Waals surface area contributed by atoms with E-state index in [1.165, 1.54) is 25.7 Å². The largest absolute Gasteiger partial charge is 0.360 e. The predicted molar refractivity (Wildman–Crippen MR) is 109 cm³/mol. The Balaban J connectivity index is 1.62. The van der Waals surface area contributed by atoms with Gasteiger partial charge in [0.25, 0.3) is 0 Å². The van der Waals surface area contributed by atoms with E-state index < -0.39 is 5.54 Å². The SMILES string of the molecule is CN(C(=S)N[C@@H]1C[C@@H]2CC[C@@H]1C2)[C@]1(c2ccccc2Cl)CCCCC1=O. The molecule has 3 aliphatic rings. The monoisotopic (exact) mass is 390 g/mol. The number of rotatable bonds is 3. The zero-order valence-electron chi connectivity index (χ0n) is 15.3. The van der Waals surface area contributed by atoms with Crippen LogP contribution in [0.5, 0.6) is 0 Å². The number of carbonyl (C=O) groups excluding carboxylic acids is 1. The van der Waals surface area contributed by atoms with Crippen molar-refractivity contribution in [3.05, 3.63) is 34.9 Å². The van der Waals surface area contributed by atoms with Gasteiger partial charge in [0.2, 0.25) is 0 Å². The molecule has 0 saturated heterocycles. The Labute approximate surface area is 166 Å². The number of Topliss-reactive ketones (excluding diaryl/α,β-unsaturated/α-hetero) is 1. The maximum absolute atomic E-state index is 13.2. The number of ketones is 1. The lowest BCUT2D eigenvalue weighted by Gasteiger charge is -2.45. The van der Waals surface area contributed by atoms with E-state index in [-0.39, 0.29) is 5.78 Å². The zero-order chi connectivity index (χ0) is 18.3. The molecular formula is C21H27ClN2OS. The average Bonchev–Trinajstić information content (AvgIpc) is 3.25. The molecule has 0 aromatic heterocycles. The van der Waals surface area contributed by atoms with Gasteiger partial charge in [0.05, 0.1) is 0 Å². The summed E-state index contributed by atoms with van der Waals surface area (Å²) in [6.45, 7) is 0. The van der Waals surface area contributed by atoms with Gasteiger partial charge in [-0.05, 0) is 68.6 Å².